The van der Waals surface area contributed by atoms with E-state index in [4.69, 9.17) is 5.73 Å². The molecule has 1 aliphatic carbocycles. The van der Waals surface area contributed by atoms with E-state index >= 15 is 0 Å². The lowest BCUT2D eigenvalue weighted by Crippen LogP contribution is -2.28. The quantitative estimate of drug-likeness (QED) is 0.823. The second-order valence-corrected chi connectivity index (χ2v) is 5.04. The van der Waals surface area contributed by atoms with Crippen molar-refractivity contribution in [1.29, 1.82) is 0 Å². The number of aromatic nitrogens is 2. The summed E-state index contributed by atoms with van der Waals surface area (Å²) in [5, 5.41) is 4.55. The van der Waals surface area contributed by atoms with Gasteiger partial charge in [-0.05, 0) is 32.1 Å². The van der Waals surface area contributed by atoms with E-state index in [9.17, 15) is 0 Å². The highest BCUT2D eigenvalue weighted by Gasteiger charge is 2.26. The molecule has 0 spiro atoms. The van der Waals surface area contributed by atoms with Gasteiger partial charge in [-0.2, -0.15) is 5.10 Å². The molecule has 96 valence electrons. The number of aryl methyl sites for hydroxylation is 2. The van der Waals surface area contributed by atoms with Crippen molar-refractivity contribution in [3.63, 3.8) is 0 Å². The van der Waals surface area contributed by atoms with Gasteiger partial charge in [-0.1, -0.05) is 13.3 Å². The summed E-state index contributed by atoms with van der Waals surface area (Å²) in [6.07, 6.45) is 4.81. The maximum absolute atomic E-state index is 6.24. The van der Waals surface area contributed by atoms with Crippen molar-refractivity contribution in [3.8, 4) is 0 Å². The van der Waals surface area contributed by atoms with E-state index in [1.807, 2.05) is 11.7 Å². The third-order valence-corrected chi connectivity index (χ3v) is 3.47. The summed E-state index contributed by atoms with van der Waals surface area (Å²) in [5.74, 6) is 1.99. The smallest absolute Gasteiger partial charge is 0.150 e. The van der Waals surface area contributed by atoms with E-state index < -0.39 is 0 Å². The third-order valence-electron chi connectivity index (χ3n) is 3.47. The number of nitrogens with zero attached hydrogens (tertiary/aromatic N) is 3. The zero-order valence-electron chi connectivity index (χ0n) is 11.2. The molecule has 1 fully saturated rings. The van der Waals surface area contributed by atoms with Crippen molar-refractivity contribution in [3.05, 3.63) is 5.69 Å². The number of anilines is 2. The Balaban J connectivity index is 2.21. The lowest BCUT2D eigenvalue weighted by Gasteiger charge is -2.23. The summed E-state index contributed by atoms with van der Waals surface area (Å²) in [5.41, 5.74) is 8.18. The molecule has 1 aromatic heterocycles. The molecule has 0 amide bonds. The maximum atomic E-state index is 6.24. The Bertz CT molecular complexity index is 379. The zero-order chi connectivity index (χ0) is 12.4. The van der Waals surface area contributed by atoms with Crippen LogP contribution in [0.5, 0.6) is 0 Å². The molecule has 4 heteroatoms. The molecule has 0 unspecified atom stereocenters. The first-order valence-electron chi connectivity index (χ1n) is 6.73. The minimum Gasteiger partial charge on any atom is -0.394 e. The van der Waals surface area contributed by atoms with Crippen LogP contribution in [0.3, 0.4) is 0 Å². The minimum atomic E-state index is 0.874. The van der Waals surface area contributed by atoms with Crippen LogP contribution in [0.4, 0.5) is 11.5 Å². The van der Waals surface area contributed by atoms with Crippen molar-refractivity contribution in [1.82, 2.24) is 9.78 Å². The summed E-state index contributed by atoms with van der Waals surface area (Å²) in [4.78, 5) is 2.37. The van der Waals surface area contributed by atoms with Gasteiger partial charge in [0.15, 0.2) is 0 Å². The van der Waals surface area contributed by atoms with Crippen molar-refractivity contribution in [2.45, 2.75) is 39.5 Å². The topological polar surface area (TPSA) is 47.1 Å². The van der Waals surface area contributed by atoms with E-state index in [-0.39, 0.29) is 0 Å². The van der Waals surface area contributed by atoms with Gasteiger partial charge in [-0.15, -0.1) is 0 Å². The largest absolute Gasteiger partial charge is 0.394 e. The molecule has 1 saturated carbocycles. The maximum Gasteiger partial charge on any atom is 0.150 e. The van der Waals surface area contributed by atoms with Crippen LogP contribution in [-0.4, -0.2) is 22.9 Å². The van der Waals surface area contributed by atoms with Gasteiger partial charge < -0.3 is 10.6 Å². The molecule has 0 bridgehead atoms. The Kier molecular flexibility index (Phi) is 3.60. The Morgan fingerprint density at radius 2 is 2.12 bits per heavy atom. The Labute approximate surface area is 104 Å². The van der Waals surface area contributed by atoms with E-state index in [1.54, 1.807) is 0 Å². The minimum absolute atomic E-state index is 0.874. The molecule has 0 aromatic carbocycles. The molecule has 0 saturated heterocycles. The molecule has 4 nitrogen and oxygen atoms in total. The van der Waals surface area contributed by atoms with Gasteiger partial charge >= 0.3 is 0 Å². The molecule has 0 aliphatic heterocycles. The van der Waals surface area contributed by atoms with Crippen LogP contribution >= 0.6 is 0 Å². The molecule has 1 heterocycles. The predicted octanol–water partition coefficient (Wildman–Crippen LogP) is 2.19. The first-order chi connectivity index (χ1) is 8.17. The lowest BCUT2D eigenvalue weighted by molar-refractivity contribution is 0.673. The average molecular weight is 236 g/mol. The molecule has 0 atom stereocenters. The first-order valence-corrected chi connectivity index (χ1v) is 6.73. The van der Waals surface area contributed by atoms with Gasteiger partial charge in [0, 0.05) is 20.1 Å². The zero-order valence-corrected chi connectivity index (χ0v) is 11.2. The molecule has 2 rings (SSSR count). The van der Waals surface area contributed by atoms with Gasteiger partial charge in [0.05, 0.1) is 11.4 Å². The van der Waals surface area contributed by atoms with Gasteiger partial charge in [-0.25, -0.2) is 0 Å². The van der Waals surface area contributed by atoms with Gasteiger partial charge in [-0.3, -0.25) is 4.68 Å². The summed E-state index contributed by atoms with van der Waals surface area (Å²) >= 11 is 0. The first kappa shape index (κ1) is 12.3. The van der Waals surface area contributed by atoms with E-state index in [0.29, 0.717) is 0 Å². The fraction of sp³-hybridized carbons (Fsp3) is 0.769. The Morgan fingerprint density at radius 1 is 1.41 bits per heavy atom. The van der Waals surface area contributed by atoms with Crippen LogP contribution in [0, 0.1) is 5.92 Å². The van der Waals surface area contributed by atoms with Crippen LogP contribution in [0.25, 0.3) is 0 Å². The van der Waals surface area contributed by atoms with Crippen LogP contribution in [0.2, 0.25) is 0 Å². The van der Waals surface area contributed by atoms with Crippen molar-refractivity contribution in [2.24, 2.45) is 13.0 Å². The molecule has 17 heavy (non-hydrogen) atoms. The number of hydrogen-bond acceptors (Lipinski definition) is 3. The molecular formula is C13H24N4. The summed E-state index contributed by atoms with van der Waals surface area (Å²) in [6.45, 7) is 6.49. The normalized spacial score (nSPS) is 15.2. The highest BCUT2D eigenvalue weighted by atomic mass is 15.4. The summed E-state index contributed by atoms with van der Waals surface area (Å²) in [6, 6.07) is 0. The van der Waals surface area contributed by atoms with E-state index in [1.165, 1.54) is 12.8 Å². The lowest BCUT2D eigenvalue weighted by atomic mass is 10.2. The fourth-order valence-corrected chi connectivity index (χ4v) is 2.36. The summed E-state index contributed by atoms with van der Waals surface area (Å²) in [7, 11) is 2.00. The van der Waals surface area contributed by atoms with Crippen LogP contribution in [-0.2, 0) is 13.5 Å². The molecular weight excluding hydrogens is 212 g/mol. The highest BCUT2D eigenvalue weighted by molar-refractivity contribution is 5.66. The van der Waals surface area contributed by atoms with E-state index in [2.05, 4.69) is 23.8 Å². The van der Waals surface area contributed by atoms with Gasteiger partial charge in [0.25, 0.3) is 0 Å². The highest BCUT2D eigenvalue weighted by Crippen LogP contribution is 2.34. The fourth-order valence-electron chi connectivity index (χ4n) is 2.36. The number of nitrogens with two attached hydrogens (primary N) is 1. The standard InChI is InChI=1S/C13H24N4/c1-4-6-11-12(14)13(16(3)15-11)17(5-2)9-10-7-8-10/h10H,4-9,14H2,1-3H3. The van der Waals surface area contributed by atoms with Crippen LogP contribution in [0.15, 0.2) is 0 Å². The number of rotatable bonds is 6. The second-order valence-electron chi connectivity index (χ2n) is 5.04. The second kappa shape index (κ2) is 4.98. The Hall–Kier alpha value is -1.19. The van der Waals surface area contributed by atoms with Gasteiger partial charge in [0.2, 0.25) is 0 Å². The van der Waals surface area contributed by atoms with Crippen LogP contribution < -0.4 is 10.6 Å². The molecule has 1 aliphatic rings. The summed E-state index contributed by atoms with van der Waals surface area (Å²) < 4.78 is 1.95. The molecule has 1 aromatic rings. The third kappa shape index (κ3) is 2.56. The molecule has 0 radical (unpaired) electrons. The van der Waals surface area contributed by atoms with Crippen molar-refractivity contribution in [2.75, 3.05) is 23.7 Å². The van der Waals surface area contributed by atoms with E-state index in [0.717, 1.165) is 49.0 Å². The average Bonchev–Trinajstić information content (AvgIpc) is 3.06. The van der Waals surface area contributed by atoms with Crippen molar-refractivity contribution >= 4 is 11.5 Å². The number of hydrogen-bond donors (Lipinski definition) is 1. The SMILES string of the molecule is CCCc1nn(C)c(N(CC)CC2CC2)c1N. The van der Waals surface area contributed by atoms with Crippen molar-refractivity contribution < 1.29 is 0 Å². The monoisotopic (exact) mass is 236 g/mol. The predicted molar refractivity (Wildman–Crippen MR) is 72.2 cm³/mol. The Morgan fingerprint density at radius 3 is 2.65 bits per heavy atom. The molecule has 2 N–H and O–H groups in total. The van der Waals surface area contributed by atoms with Crippen LogP contribution in [0.1, 0.15) is 38.8 Å². The number of nitrogen functional groups attached to an aromatic ring is 1. The van der Waals surface area contributed by atoms with Gasteiger partial charge in [0.1, 0.15) is 5.82 Å².